The summed E-state index contributed by atoms with van der Waals surface area (Å²) in [6.07, 6.45) is 1.56. The molecular formula is C15H13BrN4O4S. The third kappa shape index (κ3) is 6.16. The molecule has 0 aliphatic heterocycles. The molecule has 0 saturated heterocycles. The number of amides is 2. The average Bonchev–Trinajstić information content (AvgIpc) is 2.57. The molecule has 2 N–H and O–H groups in total. The normalized spacial score (nSPS) is 10.1. The maximum Gasteiger partial charge on any atom is 0.292 e. The number of nitro groups is 1. The number of carbonyl (C=O) groups excluding carboxylic acids is 2. The number of nitro benzene ring substituents is 1. The monoisotopic (exact) mass is 424 g/mol. The van der Waals surface area contributed by atoms with Crippen molar-refractivity contribution in [2.75, 3.05) is 22.1 Å². The number of anilines is 2. The van der Waals surface area contributed by atoms with Crippen LogP contribution in [-0.2, 0) is 9.59 Å². The fraction of sp³-hybridized carbons (Fsp3) is 0.133. The van der Waals surface area contributed by atoms with Gasteiger partial charge in [0.05, 0.1) is 16.4 Å². The number of para-hydroxylation sites is 2. The molecule has 2 rings (SSSR count). The largest absolute Gasteiger partial charge is 0.320 e. The summed E-state index contributed by atoms with van der Waals surface area (Å²) in [6.45, 7) is 0. The van der Waals surface area contributed by atoms with Gasteiger partial charge in [0.15, 0.2) is 0 Å². The summed E-state index contributed by atoms with van der Waals surface area (Å²) in [5.74, 6) is -0.250. The first-order chi connectivity index (χ1) is 12.0. The van der Waals surface area contributed by atoms with Gasteiger partial charge in [0.2, 0.25) is 11.8 Å². The standard InChI is InChI=1S/C15H13BrN4O4S/c16-10-5-6-13(17-7-10)19-15(22)9-25-8-14(21)18-11-3-1-2-4-12(11)20(23)24/h1-7H,8-9H2,(H,18,21)(H,17,19,22). The van der Waals surface area contributed by atoms with E-state index in [1.165, 1.54) is 18.2 Å². The minimum atomic E-state index is -0.568. The summed E-state index contributed by atoms with van der Waals surface area (Å²) in [5.41, 5.74) is -0.0541. The van der Waals surface area contributed by atoms with Gasteiger partial charge in [0, 0.05) is 16.7 Å². The SMILES string of the molecule is O=C(CSCC(=O)Nc1ccccc1[N+](=O)[O-])Nc1ccc(Br)cn1. The zero-order valence-corrected chi connectivity index (χ0v) is 15.2. The molecule has 0 saturated carbocycles. The first kappa shape index (κ1) is 18.9. The van der Waals surface area contributed by atoms with Crippen molar-refractivity contribution >= 4 is 56.7 Å². The fourth-order valence-corrected chi connectivity index (χ4v) is 2.64. The Hall–Kier alpha value is -2.46. The molecule has 1 heterocycles. The van der Waals surface area contributed by atoms with Gasteiger partial charge >= 0.3 is 0 Å². The first-order valence-corrected chi connectivity index (χ1v) is 8.93. The van der Waals surface area contributed by atoms with Crippen molar-refractivity contribution in [3.63, 3.8) is 0 Å². The molecule has 1 aromatic carbocycles. The molecule has 0 radical (unpaired) electrons. The second-order valence-corrected chi connectivity index (χ2v) is 6.63. The van der Waals surface area contributed by atoms with Gasteiger partial charge in [-0.2, -0.15) is 0 Å². The Labute approximate surface area is 155 Å². The summed E-state index contributed by atoms with van der Waals surface area (Å²) < 4.78 is 0.798. The van der Waals surface area contributed by atoms with E-state index in [0.717, 1.165) is 16.2 Å². The quantitative estimate of drug-likeness (QED) is 0.521. The molecule has 0 aliphatic rings. The van der Waals surface area contributed by atoms with Crippen LogP contribution in [-0.4, -0.2) is 33.2 Å². The van der Waals surface area contributed by atoms with E-state index >= 15 is 0 Å². The molecule has 0 aliphatic carbocycles. The lowest BCUT2D eigenvalue weighted by molar-refractivity contribution is -0.383. The number of benzene rings is 1. The van der Waals surface area contributed by atoms with Crippen molar-refractivity contribution in [3.05, 3.63) is 57.2 Å². The van der Waals surface area contributed by atoms with Crippen LogP contribution in [0.4, 0.5) is 17.2 Å². The van der Waals surface area contributed by atoms with Crippen LogP contribution in [0, 0.1) is 10.1 Å². The van der Waals surface area contributed by atoms with Crippen LogP contribution in [0.5, 0.6) is 0 Å². The molecule has 10 heteroatoms. The predicted octanol–water partition coefficient (Wildman–Crippen LogP) is 3.06. The maximum atomic E-state index is 11.9. The highest BCUT2D eigenvalue weighted by atomic mass is 79.9. The number of thioether (sulfide) groups is 1. The number of pyridine rings is 1. The second kappa shape index (κ2) is 9.14. The van der Waals surface area contributed by atoms with Gasteiger partial charge in [-0.15, -0.1) is 11.8 Å². The number of aromatic nitrogens is 1. The zero-order chi connectivity index (χ0) is 18.2. The Balaban J connectivity index is 1.78. The van der Waals surface area contributed by atoms with Gasteiger partial charge in [0.25, 0.3) is 5.69 Å². The molecular weight excluding hydrogens is 412 g/mol. The van der Waals surface area contributed by atoms with Crippen molar-refractivity contribution < 1.29 is 14.5 Å². The number of nitrogens with one attached hydrogen (secondary N) is 2. The van der Waals surface area contributed by atoms with Crippen LogP contribution in [0.1, 0.15) is 0 Å². The highest BCUT2D eigenvalue weighted by Crippen LogP contribution is 2.23. The summed E-state index contributed by atoms with van der Waals surface area (Å²) in [7, 11) is 0. The number of hydrogen-bond acceptors (Lipinski definition) is 6. The first-order valence-electron chi connectivity index (χ1n) is 6.98. The predicted molar refractivity (Wildman–Crippen MR) is 99.6 cm³/mol. The number of nitrogens with zero attached hydrogens (tertiary/aromatic N) is 2. The van der Waals surface area contributed by atoms with Crippen LogP contribution >= 0.6 is 27.7 Å². The molecule has 25 heavy (non-hydrogen) atoms. The molecule has 1 aromatic heterocycles. The third-order valence-electron chi connectivity index (χ3n) is 2.84. The Kier molecular flexibility index (Phi) is 6.90. The smallest absolute Gasteiger partial charge is 0.292 e. The van der Waals surface area contributed by atoms with E-state index in [0.29, 0.717) is 5.82 Å². The summed E-state index contributed by atoms with van der Waals surface area (Å²) in [4.78, 5) is 38.0. The van der Waals surface area contributed by atoms with Crippen LogP contribution in [0.25, 0.3) is 0 Å². The van der Waals surface area contributed by atoms with Gasteiger partial charge in [-0.1, -0.05) is 12.1 Å². The maximum absolute atomic E-state index is 11.9. The Morgan fingerprint density at radius 2 is 1.80 bits per heavy atom. The van der Waals surface area contributed by atoms with E-state index in [4.69, 9.17) is 0 Å². The van der Waals surface area contributed by atoms with Crippen molar-refractivity contribution in [2.24, 2.45) is 0 Å². The molecule has 0 unspecified atom stereocenters. The van der Waals surface area contributed by atoms with Crippen LogP contribution in [0.2, 0.25) is 0 Å². The van der Waals surface area contributed by atoms with E-state index in [9.17, 15) is 19.7 Å². The van der Waals surface area contributed by atoms with Gasteiger partial charge in [0.1, 0.15) is 11.5 Å². The van der Waals surface area contributed by atoms with Gasteiger partial charge in [-0.25, -0.2) is 4.98 Å². The van der Waals surface area contributed by atoms with Crippen LogP contribution < -0.4 is 10.6 Å². The minimum absolute atomic E-state index is 0.00671. The summed E-state index contributed by atoms with van der Waals surface area (Å²) in [5, 5.41) is 16.0. The van der Waals surface area contributed by atoms with Crippen molar-refractivity contribution in [2.45, 2.75) is 0 Å². The van der Waals surface area contributed by atoms with E-state index in [1.807, 2.05) is 0 Å². The average molecular weight is 425 g/mol. The summed E-state index contributed by atoms with van der Waals surface area (Å²) in [6, 6.07) is 9.26. The lowest BCUT2D eigenvalue weighted by Gasteiger charge is -2.06. The van der Waals surface area contributed by atoms with Gasteiger partial charge < -0.3 is 10.6 Å². The van der Waals surface area contributed by atoms with Gasteiger partial charge in [-0.05, 0) is 34.1 Å². The van der Waals surface area contributed by atoms with E-state index in [-0.39, 0.29) is 28.8 Å². The molecule has 8 nitrogen and oxygen atoms in total. The number of halogens is 1. The fourth-order valence-electron chi connectivity index (χ4n) is 1.79. The topological polar surface area (TPSA) is 114 Å². The lowest BCUT2D eigenvalue weighted by atomic mass is 10.2. The highest BCUT2D eigenvalue weighted by molar-refractivity contribution is 9.10. The minimum Gasteiger partial charge on any atom is -0.320 e. The van der Waals surface area contributed by atoms with Crippen molar-refractivity contribution in [3.8, 4) is 0 Å². The van der Waals surface area contributed by atoms with E-state index in [1.54, 1.807) is 24.4 Å². The molecule has 0 spiro atoms. The van der Waals surface area contributed by atoms with Crippen molar-refractivity contribution in [1.82, 2.24) is 4.98 Å². The van der Waals surface area contributed by atoms with Crippen molar-refractivity contribution in [1.29, 1.82) is 0 Å². The molecule has 0 bridgehead atoms. The van der Waals surface area contributed by atoms with E-state index < -0.39 is 10.8 Å². The third-order valence-corrected chi connectivity index (χ3v) is 4.24. The second-order valence-electron chi connectivity index (χ2n) is 4.73. The molecule has 2 aromatic rings. The Bertz CT molecular complexity index is 785. The number of rotatable bonds is 7. The Morgan fingerprint density at radius 3 is 2.44 bits per heavy atom. The van der Waals surface area contributed by atoms with Crippen LogP contribution in [0.3, 0.4) is 0 Å². The zero-order valence-electron chi connectivity index (χ0n) is 12.8. The van der Waals surface area contributed by atoms with E-state index in [2.05, 4.69) is 31.5 Å². The summed E-state index contributed by atoms with van der Waals surface area (Å²) >= 11 is 4.34. The number of carbonyl (C=O) groups is 2. The van der Waals surface area contributed by atoms with Crippen LogP contribution in [0.15, 0.2) is 47.1 Å². The highest BCUT2D eigenvalue weighted by Gasteiger charge is 2.15. The molecule has 0 atom stereocenters. The number of hydrogen-bond donors (Lipinski definition) is 2. The molecule has 2 amide bonds. The lowest BCUT2D eigenvalue weighted by Crippen LogP contribution is -2.19. The molecule has 130 valence electrons. The molecule has 0 fully saturated rings. The van der Waals surface area contributed by atoms with Gasteiger partial charge in [-0.3, -0.25) is 19.7 Å². The Morgan fingerprint density at radius 1 is 1.12 bits per heavy atom.